The highest BCUT2D eigenvalue weighted by Crippen LogP contribution is 2.25. The zero-order chi connectivity index (χ0) is 14.7. The summed E-state index contributed by atoms with van der Waals surface area (Å²) in [5.41, 5.74) is 0.619. The van der Waals surface area contributed by atoms with Gasteiger partial charge in [-0.15, -0.1) is 0 Å². The lowest BCUT2D eigenvalue weighted by molar-refractivity contribution is -0.385. The first kappa shape index (κ1) is 14.1. The molecule has 0 radical (unpaired) electrons. The van der Waals surface area contributed by atoms with Gasteiger partial charge in [-0.05, 0) is 19.1 Å². The van der Waals surface area contributed by atoms with Crippen LogP contribution in [0.2, 0.25) is 0 Å². The lowest BCUT2D eigenvalue weighted by Crippen LogP contribution is -2.41. The molecule has 0 unspecified atom stereocenters. The number of hydrogen-bond acceptors (Lipinski definition) is 4. The van der Waals surface area contributed by atoms with E-state index in [4.69, 9.17) is 9.84 Å². The van der Waals surface area contributed by atoms with E-state index in [-0.39, 0.29) is 11.8 Å². The van der Waals surface area contributed by atoms with Gasteiger partial charge in [-0.3, -0.25) is 10.1 Å². The molecule has 1 fully saturated rings. The Morgan fingerprint density at radius 1 is 1.45 bits per heavy atom. The zero-order valence-electron chi connectivity index (χ0n) is 11.1. The Kier molecular flexibility index (Phi) is 4.07. The number of benzene rings is 1. The number of amides is 1. The van der Waals surface area contributed by atoms with E-state index in [1.807, 2.05) is 0 Å². The van der Waals surface area contributed by atoms with Gasteiger partial charge in [-0.1, -0.05) is 0 Å². The highest BCUT2D eigenvalue weighted by atomic mass is 16.6. The van der Waals surface area contributed by atoms with E-state index in [2.05, 4.69) is 0 Å². The molecular weight excluding hydrogens is 264 g/mol. The third-order valence-corrected chi connectivity index (χ3v) is 3.38. The van der Waals surface area contributed by atoms with E-state index < -0.39 is 11.0 Å². The molecule has 0 aromatic heterocycles. The molecule has 1 heterocycles. The molecule has 1 amide bonds. The largest absolute Gasteiger partial charge is 0.490 e. The SMILES string of the molecule is Cc1cc(OC2CCN(C(=O)O)CC2)ccc1[N+](=O)[O-]. The third kappa shape index (κ3) is 3.17. The van der Waals surface area contributed by atoms with Crippen molar-refractivity contribution in [3.05, 3.63) is 33.9 Å². The topological polar surface area (TPSA) is 92.9 Å². The number of nitro groups is 1. The fourth-order valence-electron chi connectivity index (χ4n) is 2.26. The van der Waals surface area contributed by atoms with Gasteiger partial charge in [-0.25, -0.2) is 4.79 Å². The van der Waals surface area contributed by atoms with Gasteiger partial charge in [-0.2, -0.15) is 0 Å². The molecule has 1 aromatic carbocycles. The maximum absolute atomic E-state index is 10.8. The van der Waals surface area contributed by atoms with E-state index in [1.165, 1.54) is 11.0 Å². The van der Waals surface area contributed by atoms with E-state index >= 15 is 0 Å². The molecule has 2 rings (SSSR count). The Hall–Kier alpha value is -2.31. The number of carboxylic acid groups (broad SMARTS) is 1. The fraction of sp³-hybridized carbons (Fsp3) is 0.462. The number of nitro benzene ring substituents is 1. The van der Waals surface area contributed by atoms with Crippen molar-refractivity contribution < 1.29 is 19.6 Å². The minimum Gasteiger partial charge on any atom is -0.490 e. The van der Waals surface area contributed by atoms with E-state index in [0.717, 1.165) is 0 Å². The molecule has 1 saturated heterocycles. The summed E-state index contributed by atoms with van der Waals surface area (Å²) < 4.78 is 5.76. The van der Waals surface area contributed by atoms with Crippen LogP contribution in [0, 0.1) is 17.0 Å². The molecule has 0 atom stereocenters. The Morgan fingerprint density at radius 2 is 2.10 bits per heavy atom. The second kappa shape index (κ2) is 5.77. The van der Waals surface area contributed by atoms with Crippen LogP contribution in [0.15, 0.2) is 18.2 Å². The van der Waals surface area contributed by atoms with Crippen LogP contribution in [0.3, 0.4) is 0 Å². The van der Waals surface area contributed by atoms with Crippen molar-refractivity contribution in [3.63, 3.8) is 0 Å². The monoisotopic (exact) mass is 280 g/mol. The average molecular weight is 280 g/mol. The predicted molar refractivity (Wildman–Crippen MR) is 71.1 cm³/mol. The summed E-state index contributed by atoms with van der Waals surface area (Å²) in [6.45, 7) is 2.57. The molecule has 0 aliphatic carbocycles. The molecule has 7 heteroatoms. The predicted octanol–water partition coefficient (Wildman–Crippen LogP) is 2.42. The third-order valence-electron chi connectivity index (χ3n) is 3.38. The molecule has 1 N–H and O–H groups in total. The minimum absolute atomic E-state index is 0.0496. The van der Waals surface area contributed by atoms with Crippen LogP contribution >= 0.6 is 0 Å². The second-order valence-corrected chi connectivity index (χ2v) is 4.79. The zero-order valence-corrected chi connectivity index (χ0v) is 11.1. The van der Waals surface area contributed by atoms with Crippen LogP contribution in [-0.2, 0) is 0 Å². The highest BCUT2D eigenvalue weighted by Gasteiger charge is 2.23. The average Bonchev–Trinajstić information content (AvgIpc) is 2.39. The maximum Gasteiger partial charge on any atom is 0.407 e. The van der Waals surface area contributed by atoms with Crippen LogP contribution in [-0.4, -0.2) is 40.2 Å². The van der Waals surface area contributed by atoms with Gasteiger partial charge in [0.1, 0.15) is 11.9 Å². The van der Waals surface area contributed by atoms with Crippen LogP contribution < -0.4 is 4.74 Å². The molecule has 1 aliphatic rings. The number of hydrogen-bond donors (Lipinski definition) is 1. The fourth-order valence-corrected chi connectivity index (χ4v) is 2.26. The van der Waals surface area contributed by atoms with Gasteiger partial charge in [0, 0.05) is 37.6 Å². The Labute approximate surface area is 115 Å². The van der Waals surface area contributed by atoms with Gasteiger partial charge in [0.25, 0.3) is 5.69 Å². The second-order valence-electron chi connectivity index (χ2n) is 4.79. The van der Waals surface area contributed by atoms with Gasteiger partial charge >= 0.3 is 6.09 Å². The van der Waals surface area contributed by atoms with Gasteiger partial charge in [0.05, 0.1) is 4.92 Å². The number of likely N-dealkylation sites (tertiary alicyclic amines) is 1. The number of aryl methyl sites for hydroxylation is 1. The molecule has 1 aliphatic heterocycles. The van der Waals surface area contributed by atoms with E-state index in [1.54, 1.807) is 19.1 Å². The first-order chi connectivity index (χ1) is 9.47. The van der Waals surface area contributed by atoms with Crippen LogP contribution in [0.1, 0.15) is 18.4 Å². The van der Waals surface area contributed by atoms with Gasteiger partial charge in [0.2, 0.25) is 0 Å². The summed E-state index contributed by atoms with van der Waals surface area (Å²) in [7, 11) is 0. The van der Waals surface area contributed by atoms with Crippen molar-refractivity contribution in [1.29, 1.82) is 0 Å². The van der Waals surface area contributed by atoms with Crippen molar-refractivity contribution in [2.75, 3.05) is 13.1 Å². The lowest BCUT2D eigenvalue weighted by atomic mass is 10.1. The van der Waals surface area contributed by atoms with Crippen LogP contribution in [0.5, 0.6) is 5.75 Å². The molecule has 1 aromatic rings. The molecule has 108 valence electrons. The summed E-state index contributed by atoms with van der Waals surface area (Å²) >= 11 is 0. The first-order valence-corrected chi connectivity index (χ1v) is 6.37. The lowest BCUT2D eigenvalue weighted by Gasteiger charge is -2.30. The maximum atomic E-state index is 10.8. The Balaban J connectivity index is 1.96. The number of rotatable bonds is 3. The van der Waals surface area contributed by atoms with Gasteiger partial charge in [0.15, 0.2) is 0 Å². The Morgan fingerprint density at radius 3 is 2.60 bits per heavy atom. The van der Waals surface area contributed by atoms with Crippen LogP contribution in [0.4, 0.5) is 10.5 Å². The summed E-state index contributed by atoms with van der Waals surface area (Å²) in [6.07, 6.45) is 0.297. The summed E-state index contributed by atoms with van der Waals surface area (Å²) in [6, 6.07) is 4.65. The Bertz CT molecular complexity index is 523. The van der Waals surface area contributed by atoms with E-state index in [9.17, 15) is 14.9 Å². The van der Waals surface area contributed by atoms with Crippen molar-refractivity contribution >= 4 is 11.8 Å². The van der Waals surface area contributed by atoms with Crippen LogP contribution in [0.25, 0.3) is 0 Å². The minimum atomic E-state index is -0.908. The molecule has 0 bridgehead atoms. The van der Waals surface area contributed by atoms with Crippen molar-refractivity contribution in [2.24, 2.45) is 0 Å². The first-order valence-electron chi connectivity index (χ1n) is 6.37. The number of ether oxygens (including phenoxy) is 1. The number of piperidine rings is 1. The molecule has 20 heavy (non-hydrogen) atoms. The molecule has 7 nitrogen and oxygen atoms in total. The quantitative estimate of drug-likeness (QED) is 0.678. The summed E-state index contributed by atoms with van der Waals surface area (Å²) in [5.74, 6) is 0.585. The van der Waals surface area contributed by atoms with Crippen molar-refractivity contribution in [1.82, 2.24) is 4.90 Å². The number of nitrogens with zero attached hydrogens (tertiary/aromatic N) is 2. The standard InChI is InChI=1S/C13H16N2O5/c1-9-8-11(2-3-12(9)15(18)19)20-10-4-6-14(7-5-10)13(16)17/h2-3,8,10H,4-7H2,1H3,(H,16,17). The van der Waals surface area contributed by atoms with Crippen molar-refractivity contribution in [3.8, 4) is 5.75 Å². The molecular formula is C13H16N2O5. The van der Waals surface area contributed by atoms with E-state index in [0.29, 0.717) is 37.2 Å². The molecule has 0 saturated carbocycles. The smallest absolute Gasteiger partial charge is 0.407 e. The van der Waals surface area contributed by atoms with Crippen molar-refractivity contribution in [2.45, 2.75) is 25.9 Å². The normalized spacial score (nSPS) is 15.9. The summed E-state index contributed by atoms with van der Waals surface area (Å²) in [4.78, 5) is 22.4. The number of carbonyl (C=O) groups is 1. The molecule has 0 spiro atoms. The summed E-state index contributed by atoms with van der Waals surface area (Å²) in [5, 5.41) is 19.6. The highest BCUT2D eigenvalue weighted by molar-refractivity contribution is 5.65. The van der Waals surface area contributed by atoms with Gasteiger partial charge < -0.3 is 14.7 Å².